The van der Waals surface area contributed by atoms with Crippen molar-refractivity contribution in [2.45, 2.75) is 44.6 Å². The average Bonchev–Trinajstić information content (AvgIpc) is 2.40. The van der Waals surface area contributed by atoms with Gasteiger partial charge in [-0.15, -0.1) is 0 Å². The summed E-state index contributed by atoms with van der Waals surface area (Å²) in [4.78, 5) is 0. The van der Waals surface area contributed by atoms with Crippen LogP contribution in [0.4, 0.5) is 8.78 Å². The van der Waals surface area contributed by atoms with Gasteiger partial charge in [-0.2, -0.15) is 0 Å². The standard InChI is InChI=1S/C14H18BrF2N/c15-11-6-7-12(16)10(14(11)17)8-13(18)9-4-2-1-3-5-9/h6-7,9,13H,1-5,8,18H2. The third kappa shape index (κ3) is 3.09. The molecule has 18 heavy (non-hydrogen) atoms. The van der Waals surface area contributed by atoms with Gasteiger partial charge in [-0.25, -0.2) is 8.78 Å². The Morgan fingerprint density at radius 1 is 1.22 bits per heavy atom. The van der Waals surface area contributed by atoms with Crippen molar-refractivity contribution < 1.29 is 8.78 Å². The Bertz CT molecular complexity index is 417. The van der Waals surface area contributed by atoms with Crippen LogP contribution in [0.3, 0.4) is 0 Å². The highest BCUT2D eigenvalue weighted by molar-refractivity contribution is 9.10. The Morgan fingerprint density at radius 2 is 1.89 bits per heavy atom. The second kappa shape index (κ2) is 6.11. The Morgan fingerprint density at radius 3 is 2.56 bits per heavy atom. The van der Waals surface area contributed by atoms with Crippen LogP contribution in [0.15, 0.2) is 16.6 Å². The van der Waals surface area contributed by atoms with Crippen LogP contribution in [0.2, 0.25) is 0 Å². The third-order valence-corrected chi connectivity index (χ3v) is 4.45. The summed E-state index contributed by atoms with van der Waals surface area (Å²) >= 11 is 3.08. The second-order valence-corrected chi connectivity index (χ2v) is 5.94. The maximum atomic E-state index is 13.8. The molecule has 2 rings (SSSR count). The largest absolute Gasteiger partial charge is 0.327 e. The number of rotatable bonds is 3. The molecule has 0 radical (unpaired) electrons. The van der Waals surface area contributed by atoms with Gasteiger partial charge in [0.25, 0.3) is 0 Å². The van der Waals surface area contributed by atoms with E-state index in [0.29, 0.717) is 10.4 Å². The van der Waals surface area contributed by atoms with E-state index in [1.54, 1.807) is 0 Å². The minimum absolute atomic E-state index is 0.113. The minimum atomic E-state index is -0.513. The van der Waals surface area contributed by atoms with Gasteiger partial charge in [0, 0.05) is 11.6 Å². The summed E-state index contributed by atoms with van der Waals surface area (Å²) < 4.78 is 27.8. The van der Waals surface area contributed by atoms with Crippen molar-refractivity contribution in [1.29, 1.82) is 0 Å². The molecule has 1 aromatic carbocycles. The molecule has 0 amide bonds. The van der Waals surface area contributed by atoms with E-state index in [0.717, 1.165) is 12.8 Å². The lowest BCUT2D eigenvalue weighted by Crippen LogP contribution is -2.34. The summed E-state index contributed by atoms with van der Waals surface area (Å²) in [7, 11) is 0. The first-order valence-electron chi connectivity index (χ1n) is 6.47. The maximum absolute atomic E-state index is 13.8. The fraction of sp³-hybridized carbons (Fsp3) is 0.571. The van der Waals surface area contributed by atoms with E-state index in [1.807, 2.05) is 0 Å². The lowest BCUT2D eigenvalue weighted by atomic mass is 9.82. The molecule has 1 nitrogen and oxygen atoms in total. The van der Waals surface area contributed by atoms with Gasteiger partial charge in [0.2, 0.25) is 0 Å². The molecule has 1 aromatic rings. The van der Waals surface area contributed by atoms with Crippen molar-refractivity contribution in [2.24, 2.45) is 11.7 Å². The van der Waals surface area contributed by atoms with E-state index in [-0.39, 0.29) is 18.0 Å². The SMILES string of the molecule is NC(Cc1c(F)ccc(Br)c1F)C1CCCCC1. The highest BCUT2D eigenvalue weighted by Crippen LogP contribution is 2.29. The molecule has 0 heterocycles. The fourth-order valence-corrected chi connectivity index (χ4v) is 3.09. The highest BCUT2D eigenvalue weighted by Gasteiger charge is 2.23. The number of nitrogens with two attached hydrogens (primary N) is 1. The van der Waals surface area contributed by atoms with Gasteiger partial charge in [0.05, 0.1) is 4.47 Å². The topological polar surface area (TPSA) is 26.0 Å². The van der Waals surface area contributed by atoms with E-state index in [1.165, 1.54) is 31.4 Å². The Balaban J connectivity index is 2.10. The zero-order valence-electron chi connectivity index (χ0n) is 10.3. The normalized spacial score (nSPS) is 18.9. The number of hydrogen-bond donors (Lipinski definition) is 1. The third-order valence-electron chi connectivity index (χ3n) is 3.83. The van der Waals surface area contributed by atoms with Crippen LogP contribution in [0.1, 0.15) is 37.7 Å². The van der Waals surface area contributed by atoms with Crippen LogP contribution in [0.5, 0.6) is 0 Å². The van der Waals surface area contributed by atoms with Crippen molar-refractivity contribution in [1.82, 2.24) is 0 Å². The van der Waals surface area contributed by atoms with Crippen LogP contribution < -0.4 is 5.73 Å². The van der Waals surface area contributed by atoms with E-state index in [2.05, 4.69) is 15.9 Å². The number of benzene rings is 1. The lowest BCUT2D eigenvalue weighted by molar-refractivity contribution is 0.300. The molecule has 1 fully saturated rings. The second-order valence-electron chi connectivity index (χ2n) is 5.09. The molecule has 2 N–H and O–H groups in total. The zero-order chi connectivity index (χ0) is 13.1. The van der Waals surface area contributed by atoms with Gasteiger partial charge in [-0.05, 0) is 53.2 Å². The lowest BCUT2D eigenvalue weighted by Gasteiger charge is -2.27. The van der Waals surface area contributed by atoms with E-state index in [4.69, 9.17) is 5.73 Å². The monoisotopic (exact) mass is 317 g/mol. The molecule has 1 atom stereocenters. The first-order valence-corrected chi connectivity index (χ1v) is 7.27. The summed E-state index contributed by atoms with van der Waals surface area (Å²) in [6, 6.07) is 2.53. The van der Waals surface area contributed by atoms with Crippen LogP contribution in [0.25, 0.3) is 0 Å². The first kappa shape index (κ1) is 13.9. The smallest absolute Gasteiger partial charge is 0.143 e. The molecule has 1 aliphatic rings. The Hall–Kier alpha value is -0.480. The molecular formula is C14H18BrF2N. The summed E-state index contributed by atoms with van der Waals surface area (Å²) in [5.41, 5.74) is 6.23. The van der Waals surface area contributed by atoms with Gasteiger partial charge < -0.3 is 5.73 Å². The number of hydrogen-bond acceptors (Lipinski definition) is 1. The van der Waals surface area contributed by atoms with Crippen molar-refractivity contribution in [2.75, 3.05) is 0 Å². The molecule has 4 heteroatoms. The molecule has 0 bridgehead atoms. The molecule has 0 aromatic heterocycles. The van der Waals surface area contributed by atoms with Crippen molar-refractivity contribution in [3.63, 3.8) is 0 Å². The van der Waals surface area contributed by atoms with Crippen LogP contribution >= 0.6 is 15.9 Å². The van der Waals surface area contributed by atoms with Crippen LogP contribution in [0, 0.1) is 17.6 Å². The van der Waals surface area contributed by atoms with Gasteiger partial charge in [-0.3, -0.25) is 0 Å². The van der Waals surface area contributed by atoms with E-state index >= 15 is 0 Å². The molecular weight excluding hydrogens is 300 g/mol. The Kier molecular flexibility index (Phi) is 4.73. The van der Waals surface area contributed by atoms with Crippen molar-refractivity contribution in [3.8, 4) is 0 Å². The zero-order valence-corrected chi connectivity index (χ0v) is 11.8. The van der Waals surface area contributed by atoms with Crippen LogP contribution in [-0.4, -0.2) is 6.04 Å². The number of halogens is 3. The van der Waals surface area contributed by atoms with Gasteiger partial charge in [0.15, 0.2) is 0 Å². The summed E-state index contributed by atoms with van der Waals surface area (Å²) in [5, 5.41) is 0. The summed E-state index contributed by atoms with van der Waals surface area (Å²) in [6.07, 6.45) is 6.06. The van der Waals surface area contributed by atoms with Crippen molar-refractivity contribution >= 4 is 15.9 Å². The summed E-state index contributed by atoms with van der Waals surface area (Å²) in [5.74, 6) is -0.611. The first-order chi connectivity index (χ1) is 8.59. The highest BCUT2D eigenvalue weighted by atomic mass is 79.9. The summed E-state index contributed by atoms with van der Waals surface area (Å²) in [6.45, 7) is 0. The molecule has 1 aliphatic carbocycles. The quantitative estimate of drug-likeness (QED) is 0.832. The van der Waals surface area contributed by atoms with Crippen molar-refractivity contribution in [3.05, 3.63) is 33.8 Å². The molecule has 0 saturated heterocycles. The minimum Gasteiger partial charge on any atom is -0.327 e. The average molecular weight is 318 g/mol. The van der Waals surface area contributed by atoms with E-state index < -0.39 is 11.6 Å². The molecule has 0 spiro atoms. The molecule has 100 valence electrons. The molecule has 1 saturated carbocycles. The Labute approximate surface area is 115 Å². The predicted octanol–water partition coefficient (Wildman–Crippen LogP) is 4.18. The fourth-order valence-electron chi connectivity index (χ4n) is 2.72. The van der Waals surface area contributed by atoms with Gasteiger partial charge in [0.1, 0.15) is 11.6 Å². The molecule has 1 unspecified atom stereocenters. The van der Waals surface area contributed by atoms with Gasteiger partial charge in [-0.1, -0.05) is 19.3 Å². The molecule has 0 aliphatic heterocycles. The predicted molar refractivity (Wildman–Crippen MR) is 72.3 cm³/mol. The van der Waals surface area contributed by atoms with Gasteiger partial charge >= 0.3 is 0 Å². The maximum Gasteiger partial charge on any atom is 0.143 e. The van der Waals surface area contributed by atoms with E-state index in [9.17, 15) is 8.78 Å². The van der Waals surface area contributed by atoms with Crippen LogP contribution in [-0.2, 0) is 6.42 Å².